The molecule has 36 heavy (non-hydrogen) atoms. The highest BCUT2D eigenvalue weighted by Gasteiger charge is 2.40. The highest BCUT2D eigenvalue weighted by molar-refractivity contribution is 5.80. The van der Waals surface area contributed by atoms with Crippen molar-refractivity contribution < 1.29 is 36.6 Å². The summed E-state index contributed by atoms with van der Waals surface area (Å²) >= 11 is 0. The van der Waals surface area contributed by atoms with E-state index in [1.54, 1.807) is 19.1 Å². The third-order valence-corrected chi connectivity index (χ3v) is 5.19. The normalized spacial score (nSPS) is 12.2. The van der Waals surface area contributed by atoms with Crippen LogP contribution in [-0.4, -0.2) is 18.7 Å². The molecule has 0 aliphatic carbocycles. The Morgan fingerprint density at radius 2 is 1.58 bits per heavy atom. The molecule has 4 rings (SSSR count). The maximum absolute atomic E-state index is 13.8. The number of fused-ring (bicyclic) bond motifs is 1. The molecule has 0 bridgehead atoms. The number of rotatable bonds is 7. The molecule has 0 aliphatic heterocycles. The standard InChI is InChI=1S/C27H21F3O6/c1-3-33-26(32)16(2)34-20-13-14-21-22(15-20)36-25(27(28,29)30)24(23(21)31)35-19-11-9-18(10-12-19)17-7-5-4-6-8-17/h4-16H,3H2,1-2H3/t16-/m1/s1. The Balaban J connectivity index is 1.69. The maximum Gasteiger partial charge on any atom is 0.453 e. The first-order valence-electron chi connectivity index (χ1n) is 11.0. The van der Waals surface area contributed by atoms with Crippen molar-refractivity contribution in [2.75, 3.05) is 6.61 Å². The van der Waals surface area contributed by atoms with Crippen LogP contribution in [0.15, 0.2) is 82.0 Å². The van der Waals surface area contributed by atoms with Crippen LogP contribution in [0.1, 0.15) is 19.6 Å². The predicted octanol–water partition coefficient (Wildman–Crippen LogP) is 6.60. The van der Waals surface area contributed by atoms with Crippen LogP contribution in [0.4, 0.5) is 13.2 Å². The van der Waals surface area contributed by atoms with Gasteiger partial charge in [0.05, 0.1) is 12.0 Å². The van der Waals surface area contributed by atoms with E-state index in [1.165, 1.54) is 31.2 Å². The maximum atomic E-state index is 13.8. The highest BCUT2D eigenvalue weighted by atomic mass is 19.4. The Labute approximate surface area is 203 Å². The second-order valence-electron chi connectivity index (χ2n) is 7.75. The molecule has 4 aromatic rings. The first-order chi connectivity index (χ1) is 17.2. The summed E-state index contributed by atoms with van der Waals surface area (Å²) in [6.07, 6.45) is -6.03. The molecular weight excluding hydrogens is 477 g/mol. The topological polar surface area (TPSA) is 75.0 Å². The summed E-state index contributed by atoms with van der Waals surface area (Å²) in [4.78, 5) is 24.8. The molecule has 0 spiro atoms. The van der Waals surface area contributed by atoms with Crippen molar-refractivity contribution in [3.63, 3.8) is 0 Å². The van der Waals surface area contributed by atoms with Crippen molar-refractivity contribution in [2.45, 2.75) is 26.1 Å². The Bertz CT molecular complexity index is 1430. The van der Waals surface area contributed by atoms with E-state index < -0.39 is 35.2 Å². The van der Waals surface area contributed by atoms with Gasteiger partial charge in [0.25, 0.3) is 5.76 Å². The van der Waals surface area contributed by atoms with Crippen LogP contribution in [0.3, 0.4) is 0 Å². The lowest BCUT2D eigenvalue weighted by Crippen LogP contribution is -2.26. The number of hydrogen-bond acceptors (Lipinski definition) is 6. The van der Waals surface area contributed by atoms with Crippen LogP contribution in [0.2, 0.25) is 0 Å². The largest absolute Gasteiger partial charge is 0.479 e. The van der Waals surface area contributed by atoms with Crippen molar-refractivity contribution in [1.82, 2.24) is 0 Å². The van der Waals surface area contributed by atoms with E-state index in [9.17, 15) is 22.8 Å². The van der Waals surface area contributed by atoms with E-state index in [-0.39, 0.29) is 29.1 Å². The van der Waals surface area contributed by atoms with Gasteiger partial charge < -0.3 is 18.6 Å². The van der Waals surface area contributed by atoms with Gasteiger partial charge in [0.1, 0.15) is 17.1 Å². The van der Waals surface area contributed by atoms with E-state index in [2.05, 4.69) is 0 Å². The van der Waals surface area contributed by atoms with E-state index in [4.69, 9.17) is 18.6 Å². The lowest BCUT2D eigenvalue weighted by molar-refractivity contribution is -0.154. The molecule has 0 saturated heterocycles. The molecule has 0 N–H and O–H groups in total. The minimum Gasteiger partial charge on any atom is -0.479 e. The minimum absolute atomic E-state index is 0.0319. The summed E-state index contributed by atoms with van der Waals surface area (Å²) in [7, 11) is 0. The molecule has 1 heterocycles. The van der Waals surface area contributed by atoms with Crippen molar-refractivity contribution in [2.24, 2.45) is 0 Å². The Hall–Kier alpha value is -4.27. The van der Waals surface area contributed by atoms with Gasteiger partial charge in [0.15, 0.2) is 6.10 Å². The number of alkyl halides is 3. The molecule has 0 saturated carbocycles. The summed E-state index contributed by atoms with van der Waals surface area (Å²) in [5, 5.41) is -0.143. The number of carbonyl (C=O) groups is 1. The number of hydrogen-bond donors (Lipinski definition) is 0. The van der Waals surface area contributed by atoms with Gasteiger partial charge in [0.2, 0.25) is 11.2 Å². The molecule has 0 unspecified atom stereocenters. The monoisotopic (exact) mass is 498 g/mol. The van der Waals surface area contributed by atoms with Crippen molar-refractivity contribution in [1.29, 1.82) is 0 Å². The zero-order valence-electron chi connectivity index (χ0n) is 19.3. The van der Waals surface area contributed by atoms with Crippen LogP contribution >= 0.6 is 0 Å². The van der Waals surface area contributed by atoms with Gasteiger partial charge in [-0.3, -0.25) is 4.79 Å². The molecule has 0 radical (unpaired) electrons. The lowest BCUT2D eigenvalue weighted by atomic mass is 10.1. The number of esters is 1. The Kier molecular flexibility index (Phi) is 7.00. The third kappa shape index (κ3) is 5.35. The van der Waals surface area contributed by atoms with Gasteiger partial charge in [-0.2, -0.15) is 13.2 Å². The number of halogens is 3. The number of benzene rings is 3. The van der Waals surface area contributed by atoms with Gasteiger partial charge in [0, 0.05) is 6.07 Å². The van der Waals surface area contributed by atoms with Crippen LogP contribution < -0.4 is 14.9 Å². The second kappa shape index (κ2) is 10.2. The first kappa shape index (κ1) is 24.8. The van der Waals surface area contributed by atoms with Gasteiger partial charge in [-0.1, -0.05) is 42.5 Å². The summed E-state index contributed by atoms with van der Waals surface area (Å²) in [6, 6.07) is 19.4. The summed E-state index contributed by atoms with van der Waals surface area (Å²) < 4.78 is 62.3. The Morgan fingerprint density at radius 1 is 0.944 bits per heavy atom. The smallest absolute Gasteiger partial charge is 0.453 e. The van der Waals surface area contributed by atoms with Gasteiger partial charge in [-0.15, -0.1) is 0 Å². The van der Waals surface area contributed by atoms with Crippen LogP contribution in [0.25, 0.3) is 22.1 Å². The van der Waals surface area contributed by atoms with Gasteiger partial charge >= 0.3 is 12.1 Å². The molecular formula is C27H21F3O6. The van der Waals surface area contributed by atoms with Crippen LogP contribution in [0.5, 0.6) is 17.2 Å². The van der Waals surface area contributed by atoms with E-state index in [0.29, 0.717) is 0 Å². The zero-order valence-corrected chi connectivity index (χ0v) is 19.3. The van der Waals surface area contributed by atoms with Crippen molar-refractivity contribution >= 4 is 16.9 Å². The van der Waals surface area contributed by atoms with E-state index >= 15 is 0 Å². The van der Waals surface area contributed by atoms with Gasteiger partial charge in [-0.05, 0) is 49.2 Å². The average molecular weight is 498 g/mol. The fraction of sp³-hybridized carbons (Fsp3) is 0.185. The Morgan fingerprint density at radius 3 is 2.22 bits per heavy atom. The molecule has 186 valence electrons. The second-order valence-corrected chi connectivity index (χ2v) is 7.75. The molecule has 3 aromatic carbocycles. The minimum atomic E-state index is -5.01. The molecule has 1 atom stereocenters. The first-order valence-corrected chi connectivity index (χ1v) is 11.0. The SMILES string of the molecule is CCOC(=O)[C@@H](C)Oc1ccc2c(=O)c(Oc3ccc(-c4ccccc4)cc3)c(C(F)(F)F)oc2c1. The van der Waals surface area contributed by atoms with Crippen LogP contribution in [0, 0.1) is 0 Å². The zero-order chi connectivity index (χ0) is 25.9. The fourth-order valence-corrected chi connectivity index (χ4v) is 3.48. The van der Waals surface area contributed by atoms with E-state index in [1.807, 2.05) is 30.3 Å². The fourth-order valence-electron chi connectivity index (χ4n) is 3.48. The number of carbonyl (C=O) groups excluding carboxylic acids is 1. The van der Waals surface area contributed by atoms with E-state index in [0.717, 1.165) is 17.2 Å². The quantitative estimate of drug-likeness (QED) is 0.267. The molecule has 0 fully saturated rings. The lowest BCUT2D eigenvalue weighted by Gasteiger charge is -2.15. The number of ether oxygens (including phenoxy) is 3. The van der Waals surface area contributed by atoms with Crippen molar-refractivity contribution in [3.8, 4) is 28.4 Å². The van der Waals surface area contributed by atoms with Crippen LogP contribution in [-0.2, 0) is 15.7 Å². The third-order valence-electron chi connectivity index (χ3n) is 5.19. The molecule has 6 nitrogen and oxygen atoms in total. The average Bonchev–Trinajstić information content (AvgIpc) is 2.86. The molecule has 1 aromatic heterocycles. The molecule has 9 heteroatoms. The van der Waals surface area contributed by atoms with Gasteiger partial charge in [-0.25, -0.2) is 4.79 Å². The van der Waals surface area contributed by atoms with Crippen molar-refractivity contribution in [3.05, 3.63) is 88.8 Å². The molecule has 0 amide bonds. The summed E-state index contributed by atoms with van der Waals surface area (Å²) in [6.45, 7) is 3.20. The molecule has 0 aliphatic rings. The highest BCUT2D eigenvalue weighted by Crippen LogP contribution is 2.39. The summed E-state index contributed by atoms with van der Waals surface area (Å²) in [5.41, 5.74) is 0.378. The predicted molar refractivity (Wildman–Crippen MR) is 126 cm³/mol. The summed E-state index contributed by atoms with van der Waals surface area (Å²) in [5.74, 6) is -3.13.